The molecular formula is C16H26N4O6+2. The van der Waals surface area contributed by atoms with Crippen LogP contribution in [-0.2, 0) is 16.3 Å². The number of ether oxygens (including phenoxy) is 1. The third-order valence-corrected chi connectivity index (χ3v) is 3.37. The van der Waals surface area contributed by atoms with E-state index < -0.39 is 17.1 Å². The minimum Gasteiger partial charge on any atom is -0.388 e. The third-order valence-electron chi connectivity index (χ3n) is 3.37. The number of amides is 2. The molecule has 0 aliphatic heterocycles. The van der Waals surface area contributed by atoms with Gasteiger partial charge in [-0.2, -0.15) is 9.40 Å². The fourth-order valence-corrected chi connectivity index (χ4v) is 2.35. The molecule has 0 saturated carbocycles. The Balaban J connectivity index is 2.59. The smallest absolute Gasteiger partial charge is 0.388 e. The molecule has 0 bridgehead atoms. The first kappa shape index (κ1) is 21.1. The van der Waals surface area contributed by atoms with Gasteiger partial charge in [-0.1, -0.05) is 0 Å². The first-order chi connectivity index (χ1) is 12.2. The van der Waals surface area contributed by atoms with Gasteiger partial charge in [0.25, 0.3) is 12.6 Å². The van der Waals surface area contributed by atoms with Crippen molar-refractivity contribution in [1.82, 2.24) is 10.2 Å². The summed E-state index contributed by atoms with van der Waals surface area (Å²) in [6, 6.07) is 3.26. The predicted octanol–water partition coefficient (Wildman–Crippen LogP) is 1.02. The van der Waals surface area contributed by atoms with Crippen LogP contribution in [0.2, 0.25) is 0 Å². The molecule has 0 saturated heterocycles. The summed E-state index contributed by atoms with van der Waals surface area (Å²) in [5.74, 6) is -0.393. The highest BCUT2D eigenvalue weighted by Crippen LogP contribution is 2.07. The lowest BCUT2D eigenvalue weighted by Gasteiger charge is -2.28. The van der Waals surface area contributed by atoms with Gasteiger partial charge in [0.1, 0.15) is 10.5 Å². The van der Waals surface area contributed by atoms with Crippen LogP contribution in [-0.4, -0.2) is 52.4 Å². The van der Waals surface area contributed by atoms with E-state index in [9.17, 15) is 14.5 Å². The molecule has 1 rings (SSSR count). The molecule has 1 aromatic heterocycles. The summed E-state index contributed by atoms with van der Waals surface area (Å²) < 4.78 is 6.87. The molecular weight excluding hydrogens is 344 g/mol. The Morgan fingerprint density at radius 2 is 1.96 bits per heavy atom. The van der Waals surface area contributed by atoms with Crippen LogP contribution in [0.25, 0.3) is 0 Å². The summed E-state index contributed by atoms with van der Waals surface area (Å²) in [5, 5.41) is 10.1. The van der Waals surface area contributed by atoms with Crippen molar-refractivity contribution < 1.29 is 34.0 Å². The Labute approximate surface area is 151 Å². The quantitative estimate of drug-likeness (QED) is 0.381. The average Bonchev–Trinajstić information content (AvgIpc) is 2.56. The monoisotopic (exact) mass is 370 g/mol. The van der Waals surface area contributed by atoms with E-state index in [2.05, 4.69) is 10.2 Å². The molecule has 1 aromatic rings. The summed E-state index contributed by atoms with van der Waals surface area (Å²) in [6.07, 6.45) is 2.77. The summed E-state index contributed by atoms with van der Waals surface area (Å²) in [7, 11) is 0. The van der Waals surface area contributed by atoms with Crippen molar-refractivity contribution in [2.24, 2.45) is 0 Å². The molecule has 26 heavy (non-hydrogen) atoms. The third kappa shape index (κ3) is 6.91. The molecule has 2 N–H and O–H groups in total. The van der Waals surface area contributed by atoms with Crippen molar-refractivity contribution in [1.29, 1.82) is 0 Å². The molecule has 0 aliphatic carbocycles. The van der Waals surface area contributed by atoms with Crippen LogP contribution in [0.5, 0.6) is 0 Å². The minimum atomic E-state index is -0.672. The van der Waals surface area contributed by atoms with Crippen LogP contribution in [0.4, 0.5) is 4.79 Å². The first-order valence-corrected chi connectivity index (χ1v) is 8.23. The maximum atomic E-state index is 12.2. The molecule has 144 valence electrons. The molecule has 10 heteroatoms. The number of hydrogen-bond acceptors (Lipinski definition) is 5. The molecule has 0 atom stereocenters. The Bertz CT molecular complexity index is 627. The zero-order chi connectivity index (χ0) is 19.7. The van der Waals surface area contributed by atoms with Crippen molar-refractivity contribution in [3.05, 3.63) is 35.0 Å². The number of carbonyl (C=O) groups is 2. The van der Waals surface area contributed by atoms with Crippen LogP contribution in [0.3, 0.4) is 0 Å². The summed E-state index contributed by atoms with van der Waals surface area (Å²) in [5.41, 5.74) is 0.344. The number of carbonyl (C=O) groups excluding carboxylic acids is 2. The number of pyridine rings is 1. The molecule has 2 amide bonds. The van der Waals surface area contributed by atoms with Gasteiger partial charge in [-0.3, -0.25) is 4.79 Å². The van der Waals surface area contributed by atoms with Gasteiger partial charge < -0.3 is 15.0 Å². The van der Waals surface area contributed by atoms with Gasteiger partial charge >= 0.3 is 11.2 Å². The van der Waals surface area contributed by atoms with Crippen molar-refractivity contribution in [2.45, 2.75) is 46.5 Å². The lowest BCUT2D eigenvalue weighted by atomic mass is 10.2. The van der Waals surface area contributed by atoms with Gasteiger partial charge in [0.2, 0.25) is 0 Å². The minimum absolute atomic E-state index is 0.01000. The van der Waals surface area contributed by atoms with Gasteiger partial charge in [0.05, 0.1) is 6.54 Å². The second-order valence-corrected chi connectivity index (χ2v) is 6.07. The molecule has 0 fully saturated rings. The second kappa shape index (κ2) is 10.2. The van der Waals surface area contributed by atoms with E-state index in [1.807, 2.05) is 27.7 Å². The standard InChI is InChI=1S/C16H25N4O6/c1-12(2)19(13(3)4)16(22)25-11-18-8-5-6-14(10-18)15(21)17-7-9-26-20(23)24/h5-6,8,10,12-13H,7,9,11H2,1-4H3,(H-,17,21,23,24)/q+1/p+1. The van der Waals surface area contributed by atoms with E-state index in [0.29, 0.717) is 5.56 Å². The summed E-state index contributed by atoms with van der Waals surface area (Å²) >= 11 is 0. The molecule has 0 spiro atoms. The van der Waals surface area contributed by atoms with Crippen LogP contribution in [0, 0.1) is 4.91 Å². The Hall–Kier alpha value is -2.91. The SMILES string of the molecule is CC(C)N(C(=O)OC[n+]1cccc(C(=O)NCCO[N+](=O)O)c1)C(C)C. The van der Waals surface area contributed by atoms with Crippen molar-refractivity contribution in [2.75, 3.05) is 13.2 Å². The number of aromatic nitrogens is 1. The topological polar surface area (TPSA) is 112 Å². The highest BCUT2D eigenvalue weighted by molar-refractivity contribution is 5.93. The summed E-state index contributed by atoms with van der Waals surface area (Å²) in [6.45, 7) is 7.47. The number of nitrogens with one attached hydrogen (secondary N) is 1. The molecule has 0 aliphatic rings. The van der Waals surface area contributed by atoms with Crippen LogP contribution < -0.4 is 9.88 Å². The normalized spacial score (nSPS) is 10.5. The van der Waals surface area contributed by atoms with Gasteiger partial charge in [-0.25, -0.2) is 10.0 Å². The highest BCUT2D eigenvalue weighted by atomic mass is 16.9. The molecule has 10 nitrogen and oxygen atoms in total. The van der Waals surface area contributed by atoms with E-state index in [4.69, 9.17) is 9.94 Å². The number of rotatable bonds is 9. The van der Waals surface area contributed by atoms with Crippen molar-refractivity contribution in [3.63, 3.8) is 0 Å². The van der Waals surface area contributed by atoms with E-state index >= 15 is 0 Å². The zero-order valence-electron chi connectivity index (χ0n) is 15.4. The van der Waals surface area contributed by atoms with Gasteiger partial charge in [0.15, 0.2) is 19.0 Å². The van der Waals surface area contributed by atoms with Gasteiger partial charge in [-0.05, 0) is 33.8 Å². The van der Waals surface area contributed by atoms with E-state index in [1.165, 1.54) is 6.20 Å². The van der Waals surface area contributed by atoms with E-state index in [-0.39, 0.29) is 32.0 Å². The molecule has 0 unspecified atom stereocenters. The summed E-state index contributed by atoms with van der Waals surface area (Å²) in [4.78, 5) is 40.2. The van der Waals surface area contributed by atoms with Crippen molar-refractivity contribution >= 4 is 12.0 Å². The van der Waals surface area contributed by atoms with Crippen LogP contribution >= 0.6 is 0 Å². The lowest BCUT2D eigenvalue weighted by Crippen LogP contribution is -2.45. The Morgan fingerprint density at radius 3 is 2.54 bits per heavy atom. The molecule has 0 radical (unpaired) electrons. The van der Waals surface area contributed by atoms with Crippen molar-refractivity contribution in [3.8, 4) is 0 Å². The van der Waals surface area contributed by atoms with Crippen LogP contribution in [0.1, 0.15) is 38.1 Å². The van der Waals surface area contributed by atoms with E-state index in [0.717, 1.165) is 0 Å². The Morgan fingerprint density at radius 1 is 1.31 bits per heavy atom. The fourth-order valence-electron chi connectivity index (χ4n) is 2.35. The highest BCUT2D eigenvalue weighted by Gasteiger charge is 2.22. The largest absolute Gasteiger partial charge is 0.475 e. The van der Waals surface area contributed by atoms with Crippen LogP contribution in [0.15, 0.2) is 24.5 Å². The lowest BCUT2D eigenvalue weighted by molar-refractivity contribution is -0.975. The first-order valence-electron chi connectivity index (χ1n) is 8.23. The van der Waals surface area contributed by atoms with E-state index in [1.54, 1.807) is 27.8 Å². The maximum Gasteiger partial charge on any atom is 0.475 e. The molecule has 0 aromatic carbocycles. The second-order valence-electron chi connectivity index (χ2n) is 6.07. The predicted molar refractivity (Wildman–Crippen MR) is 88.9 cm³/mol. The van der Waals surface area contributed by atoms with Gasteiger partial charge in [-0.15, -0.1) is 0 Å². The maximum absolute atomic E-state index is 12.2. The zero-order valence-corrected chi connectivity index (χ0v) is 15.4. The average molecular weight is 370 g/mol. The number of hydrogen-bond donors (Lipinski definition) is 2. The number of nitrogens with zero attached hydrogens (tertiary/aromatic N) is 3. The van der Waals surface area contributed by atoms with Gasteiger partial charge in [0, 0.05) is 18.2 Å². The molecule has 1 heterocycles. The Kier molecular flexibility index (Phi) is 8.26. The fraction of sp³-hybridized carbons (Fsp3) is 0.562.